The maximum atomic E-state index is 11.4. The molecule has 1 amide bonds. The molecule has 7 heteroatoms. The summed E-state index contributed by atoms with van der Waals surface area (Å²) in [5.41, 5.74) is 5.41. The zero-order chi connectivity index (χ0) is 15.9. The average molecular weight is 311 g/mol. The van der Waals surface area contributed by atoms with Crippen LogP contribution in [0.2, 0.25) is 0 Å². The van der Waals surface area contributed by atoms with Gasteiger partial charge in [0.15, 0.2) is 5.11 Å². The molecule has 0 radical (unpaired) electrons. The fourth-order valence-corrected chi connectivity index (χ4v) is 1.50. The van der Waals surface area contributed by atoms with Crippen LogP contribution in [0.4, 0.5) is 4.79 Å². The SMILES string of the molecule is COc1ccc(CNC(=S)NNC(=O)OC(C)(C)C)cc1. The molecule has 0 spiro atoms. The van der Waals surface area contributed by atoms with Crippen molar-refractivity contribution in [2.24, 2.45) is 0 Å². The molecule has 0 bridgehead atoms. The van der Waals surface area contributed by atoms with E-state index in [1.807, 2.05) is 24.3 Å². The van der Waals surface area contributed by atoms with Crippen LogP contribution in [0, 0.1) is 0 Å². The molecular weight excluding hydrogens is 290 g/mol. The molecule has 1 aromatic rings. The van der Waals surface area contributed by atoms with Crippen molar-refractivity contribution in [3.63, 3.8) is 0 Å². The Labute approximate surface area is 130 Å². The Kier molecular flexibility index (Phi) is 6.23. The van der Waals surface area contributed by atoms with Crippen LogP contribution in [0.15, 0.2) is 24.3 Å². The van der Waals surface area contributed by atoms with E-state index in [1.165, 1.54) is 0 Å². The lowest BCUT2D eigenvalue weighted by atomic mass is 10.2. The van der Waals surface area contributed by atoms with Crippen molar-refractivity contribution in [1.82, 2.24) is 16.2 Å². The number of hydrogen-bond acceptors (Lipinski definition) is 4. The van der Waals surface area contributed by atoms with E-state index in [0.29, 0.717) is 11.7 Å². The Morgan fingerprint density at radius 1 is 1.19 bits per heavy atom. The molecular formula is C14H21N3O3S. The van der Waals surface area contributed by atoms with E-state index in [1.54, 1.807) is 27.9 Å². The van der Waals surface area contributed by atoms with Crippen LogP contribution in [-0.4, -0.2) is 23.9 Å². The monoisotopic (exact) mass is 311 g/mol. The van der Waals surface area contributed by atoms with E-state index < -0.39 is 11.7 Å². The number of amides is 1. The molecule has 0 saturated heterocycles. The molecule has 0 aliphatic rings. The highest BCUT2D eigenvalue weighted by atomic mass is 32.1. The van der Waals surface area contributed by atoms with Gasteiger partial charge < -0.3 is 14.8 Å². The smallest absolute Gasteiger partial charge is 0.426 e. The van der Waals surface area contributed by atoms with Crippen LogP contribution in [0.1, 0.15) is 26.3 Å². The maximum absolute atomic E-state index is 11.4. The second-order valence-electron chi connectivity index (χ2n) is 5.28. The number of hydrogen-bond donors (Lipinski definition) is 3. The molecule has 0 unspecified atom stereocenters. The maximum Gasteiger partial charge on any atom is 0.426 e. The first-order valence-corrected chi connectivity index (χ1v) is 6.87. The largest absolute Gasteiger partial charge is 0.497 e. The van der Waals surface area contributed by atoms with Gasteiger partial charge in [-0.1, -0.05) is 12.1 Å². The summed E-state index contributed by atoms with van der Waals surface area (Å²) in [7, 11) is 1.62. The Hall–Kier alpha value is -2.02. The molecule has 6 nitrogen and oxygen atoms in total. The molecule has 1 rings (SSSR count). The minimum atomic E-state index is -0.587. The standard InChI is InChI=1S/C14H21N3O3S/c1-14(2,3)20-13(18)17-16-12(21)15-9-10-5-7-11(19-4)8-6-10/h5-8H,9H2,1-4H3,(H,17,18)(H2,15,16,21). The van der Waals surface area contributed by atoms with Crippen molar-refractivity contribution >= 4 is 23.4 Å². The van der Waals surface area contributed by atoms with E-state index in [0.717, 1.165) is 11.3 Å². The van der Waals surface area contributed by atoms with Crippen molar-refractivity contribution in [3.8, 4) is 5.75 Å². The topological polar surface area (TPSA) is 71.6 Å². The van der Waals surface area contributed by atoms with Crippen LogP contribution in [-0.2, 0) is 11.3 Å². The summed E-state index contributed by atoms with van der Waals surface area (Å²) >= 11 is 5.04. The lowest BCUT2D eigenvalue weighted by molar-refractivity contribution is 0.0513. The van der Waals surface area contributed by atoms with Crippen LogP contribution >= 0.6 is 12.2 Å². The number of methoxy groups -OCH3 is 1. The fraction of sp³-hybridized carbons (Fsp3) is 0.429. The van der Waals surface area contributed by atoms with Crippen LogP contribution in [0.3, 0.4) is 0 Å². The van der Waals surface area contributed by atoms with E-state index in [4.69, 9.17) is 21.7 Å². The van der Waals surface area contributed by atoms with Crippen molar-refractivity contribution < 1.29 is 14.3 Å². The number of benzene rings is 1. The van der Waals surface area contributed by atoms with Gasteiger partial charge in [-0.3, -0.25) is 5.43 Å². The normalized spacial score (nSPS) is 10.5. The van der Waals surface area contributed by atoms with Crippen molar-refractivity contribution in [2.75, 3.05) is 7.11 Å². The number of nitrogens with one attached hydrogen (secondary N) is 3. The van der Waals surface area contributed by atoms with Crippen LogP contribution < -0.4 is 20.9 Å². The number of thiocarbonyl (C=S) groups is 1. The predicted molar refractivity (Wildman–Crippen MR) is 84.9 cm³/mol. The highest BCUT2D eigenvalue weighted by molar-refractivity contribution is 7.80. The molecule has 0 aliphatic carbocycles. The first-order chi connectivity index (χ1) is 9.80. The Balaban J connectivity index is 2.29. The van der Waals surface area contributed by atoms with Crippen LogP contribution in [0.25, 0.3) is 0 Å². The summed E-state index contributed by atoms with van der Waals surface area (Å²) < 4.78 is 10.1. The number of rotatable bonds is 3. The molecule has 0 aliphatic heterocycles. The number of carbonyl (C=O) groups excluding carboxylic acids is 1. The third kappa shape index (κ3) is 7.36. The Morgan fingerprint density at radius 2 is 1.81 bits per heavy atom. The van der Waals surface area contributed by atoms with Gasteiger partial charge in [0.1, 0.15) is 11.4 Å². The molecule has 0 fully saturated rings. The first kappa shape index (κ1) is 17.0. The minimum absolute atomic E-state index is 0.302. The summed E-state index contributed by atoms with van der Waals surface area (Å²) in [5.74, 6) is 0.797. The predicted octanol–water partition coefficient (Wildman–Crippen LogP) is 2.10. The number of ether oxygens (including phenoxy) is 2. The molecule has 0 atom stereocenters. The van der Waals surface area contributed by atoms with Gasteiger partial charge in [-0.05, 0) is 50.7 Å². The van der Waals surface area contributed by atoms with E-state index >= 15 is 0 Å². The molecule has 116 valence electrons. The third-order valence-electron chi connectivity index (χ3n) is 2.29. The van der Waals surface area contributed by atoms with Crippen molar-refractivity contribution in [3.05, 3.63) is 29.8 Å². The summed E-state index contributed by atoms with van der Waals surface area (Å²) in [6, 6.07) is 7.59. The van der Waals surface area contributed by atoms with Gasteiger partial charge in [0.2, 0.25) is 0 Å². The molecule has 0 heterocycles. The van der Waals surface area contributed by atoms with Gasteiger partial charge >= 0.3 is 6.09 Å². The number of hydrazine groups is 1. The zero-order valence-corrected chi connectivity index (χ0v) is 13.5. The molecule has 0 aromatic heterocycles. The Morgan fingerprint density at radius 3 is 2.33 bits per heavy atom. The lowest BCUT2D eigenvalue weighted by Crippen LogP contribution is -2.48. The van der Waals surface area contributed by atoms with Crippen molar-refractivity contribution in [2.45, 2.75) is 32.9 Å². The highest BCUT2D eigenvalue weighted by Crippen LogP contribution is 2.10. The third-order valence-corrected chi connectivity index (χ3v) is 2.54. The summed E-state index contributed by atoms with van der Waals surface area (Å²) in [4.78, 5) is 11.4. The quantitative estimate of drug-likeness (QED) is 0.586. The molecule has 21 heavy (non-hydrogen) atoms. The zero-order valence-electron chi connectivity index (χ0n) is 12.6. The summed E-state index contributed by atoms with van der Waals surface area (Å²) in [6.07, 6.45) is -0.587. The highest BCUT2D eigenvalue weighted by Gasteiger charge is 2.15. The molecule has 3 N–H and O–H groups in total. The van der Waals surface area contributed by atoms with Gasteiger partial charge in [-0.15, -0.1) is 0 Å². The summed E-state index contributed by atoms with van der Waals surface area (Å²) in [6.45, 7) is 5.89. The van der Waals surface area contributed by atoms with Gasteiger partial charge in [0.05, 0.1) is 7.11 Å². The van der Waals surface area contributed by atoms with Gasteiger partial charge in [-0.25, -0.2) is 10.2 Å². The lowest BCUT2D eigenvalue weighted by Gasteiger charge is -2.20. The van der Waals surface area contributed by atoms with E-state index in [9.17, 15) is 4.79 Å². The fourth-order valence-electron chi connectivity index (χ4n) is 1.38. The second kappa shape index (κ2) is 7.68. The van der Waals surface area contributed by atoms with Gasteiger partial charge in [0.25, 0.3) is 0 Å². The second-order valence-corrected chi connectivity index (χ2v) is 5.69. The van der Waals surface area contributed by atoms with Gasteiger partial charge in [-0.2, -0.15) is 0 Å². The van der Waals surface area contributed by atoms with Crippen molar-refractivity contribution in [1.29, 1.82) is 0 Å². The minimum Gasteiger partial charge on any atom is -0.497 e. The molecule has 1 aromatic carbocycles. The van der Waals surface area contributed by atoms with E-state index in [2.05, 4.69) is 16.2 Å². The molecule has 0 saturated carbocycles. The average Bonchev–Trinajstić information content (AvgIpc) is 2.41. The Bertz CT molecular complexity index is 483. The number of carbonyl (C=O) groups is 1. The summed E-state index contributed by atoms with van der Waals surface area (Å²) in [5, 5.41) is 3.27. The van der Waals surface area contributed by atoms with Gasteiger partial charge in [0, 0.05) is 6.54 Å². The van der Waals surface area contributed by atoms with Crippen LogP contribution in [0.5, 0.6) is 5.75 Å². The van der Waals surface area contributed by atoms with E-state index in [-0.39, 0.29) is 0 Å². The first-order valence-electron chi connectivity index (χ1n) is 6.46.